The number of aromatic nitrogens is 2. The van der Waals surface area contributed by atoms with Crippen LogP contribution in [0.3, 0.4) is 0 Å². The van der Waals surface area contributed by atoms with E-state index in [-0.39, 0.29) is 6.61 Å². The minimum Gasteiger partial charge on any atom is -0.393 e. The van der Waals surface area contributed by atoms with Gasteiger partial charge in [-0.25, -0.2) is 4.98 Å². The van der Waals surface area contributed by atoms with E-state index < -0.39 is 12.1 Å². The summed E-state index contributed by atoms with van der Waals surface area (Å²) >= 11 is 0. The van der Waals surface area contributed by atoms with Crippen molar-refractivity contribution >= 4 is 5.69 Å². The van der Waals surface area contributed by atoms with Gasteiger partial charge in [-0.05, 0) is 42.3 Å². The van der Waals surface area contributed by atoms with Crippen LogP contribution in [0.2, 0.25) is 0 Å². The number of aliphatic hydroxyl groups is 2. The molecule has 6 nitrogen and oxygen atoms in total. The van der Waals surface area contributed by atoms with Crippen molar-refractivity contribution in [3.05, 3.63) is 72.3 Å². The first kappa shape index (κ1) is 20.2. The van der Waals surface area contributed by atoms with Crippen molar-refractivity contribution in [1.29, 1.82) is 0 Å². The van der Waals surface area contributed by atoms with Crippen LogP contribution < -0.4 is 10.6 Å². The molecule has 0 saturated carbocycles. The summed E-state index contributed by atoms with van der Waals surface area (Å²) in [7, 11) is 0. The van der Waals surface area contributed by atoms with Crippen LogP contribution in [0.4, 0.5) is 5.69 Å². The Balaban J connectivity index is 1.45. The average Bonchev–Trinajstić information content (AvgIpc) is 3.22. The summed E-state index contributed by atoms with van der Waals surface area (Å²) < 4.78 is 1.71. The highest BCUT2D eigenvalue weighted by Gasteiger charge is 2.16. The summed E-state index contributed by atoms with van der Waals surface area (Å²) in [5.41, 5.74) is 4.28. The van der Waals surface area contributed by atoms with E-state index >= 15 is 0 Å². The molecule has 0 amide bonds. The van der Waals surface area contributed by atoms with Crippen LogP contribution >= 0.6 is 0 Å². The Kier molecular flexibility index (Phi) is 6.15. The van der Waals surface area contributed by atoms with Gasteiger partial charge in [-0.15, -0.1) is 0 Å². The van der Waals surface area contributed by atoms with E-state index in [0.29, 0.717) is 11.9 Å². The number of nitrogens with one attached hydrogen (secondary N) is 2. The largest absolute Gasteiger partial charge is 0.393 e. The number of imidazole rings is 1. The Hall–Kier alpha value is -3.11. The second-order valence-electron chi connectivity index (χ2n) is 7.49. The minimum absolute atomic E-state index is 0.154. The third kappa shape index (κ3) is 4.55. The number of nitrogens with zero attached hydrogens (tertiary/aromatic N) is 2. The summed E-state index contributed by atoms with van der Waals surface area (Å²) in [5.74, 6) is 6.68. The van der Waals surface area contributed by atoms with Crippen LogP contribution in [0.5, 0.6) is 0 Å². The van der Waals surface area contributed by atoms with Gasteiger partial charge in [-0.2, -0.15) is 0 Å². The predicted molar refractivity (Wildman–Crippen MR) is 118 cm³/mol. The molecule has 0 bridgehead atoms. The van der Waals surface area contributed by atoms with Gasteiger partial charge < -0.3 is 25.4 Å². The second-order valence-corrected chi connectivity index (χ2v) is 7.49. The third-order valence-electron chi connectivity index (χ3n) is 5.22. The van der Waals surface area contributed by atoms with Gasteiger partial charge in [0.2, 0.25) is 0 Å². The van der Waals surface area contributed by atoms with Crippen molar-refractivity contribution in [1.82, 2.24) is 14.9 Å². The predicted octanol–water partition coefficient (Wildman–Crippen LogP) is 2.57. The molecule has 1 aromatic heterocycles. The van der Waals surface area contributed by atoms with Gasteiger partial charge in [0.15, 0.2) is 0 Å². The van der Waals surface area contributed by atoms with E-state index in [4.69, 9.17) is 0 Å². The van der Waals surface area contributed by atoms with Crippen molar-refractivity contribution in [3.8, 4) is 23.0 Å². The van der Waals surface area contributed by atoms with Crippen molar-refractivity contribution in [3.63, 3.8) is 0 Å². The van der Waals surface area contributed by atoms with Crippen molar-refractivity contribution in [2.45, 2.75) is 25.1 Å². The molecule has 4 rings (SSSR count). The van der Waals surface area contributed by atoms with Gasteiger partial charge in [0.1, 0.15) is 18.0 Å². The van der Waals surface area contributed by atoms with Gasteiger partial charge in [-0.1, -0.05) is 36.1 Å². The highest BCUT2D eigenvalue weighted by Crippen LogP contribution is 2.22. The Labute approximate surface area is 176 Å². The second kappa shape index (κ2) is 9.14. The number of benzene rings is 2. The molecule has 1 saturated heterocycles. The Morgan fingerprint density at radius 2 is 1.80 bits per heavy atom. The Morgan fingerprint density at radius 3 is 2.37 bits per heavy atom. The Morgan fingerprint density at radius 1 is 1.13 bits per heavy atom. The lowest BCUT2D eigenvalue weighted by Gasteiger charge is -2.29. The lowest BCUT2D eigenvalue weighted by Crippen LogP contribution is -2.51. The van der Waals surface area contributed by atoms with E-state index in [9.17, 15) is 10.2 Å². The normalized spacial score (nSPS) is 15.6. The SMILES string of the molecule is C[C@H](O)c1nccn1[C@@H](C#Cc1ccc(-c2ccc(NC3CNC3)cc2)cc1)CO. The third-order valence-corrected chi connectivity index (χ3v) is 5.22. The molecule has 0 radical (unpaired) electrons. The summed E-state index contributed by atoms with van der Waals surface area (Å²) in [5, 5.41) is 26.3. The first-order chi connectivity index (χ1) is 14.6. The fraction of sp³-hybridized carbons (Fsp3) is 0.292. The van der Waals surface area contributed by atoms with Crippen LogP contribution in [0.15, 0.2) is 60.9 Å². The van der Waals surface area contributed by atoms with E-state index in [1.807, 2.05) is 12.1 Å². The molecule has 154 valence electrons. The molecular weight excluding hydrogens is 376 g/mol. The molecule has 0 aliphatic carbocycles. The van der Waals surface area contributed by atoms with Crippen LogP contribution in [0.1, 0.15) is 30.5 Å². The molecular formula is C24H26N4O2. The van der Waals surface area contributed by atoms with E-state index in [1.165, 1.54) is 0 Å². The number of hydrogen-bond donors (Lipinski definition) is 4. The molecule has 1 fully saturated rings. The molecule has 2 heterocycles. The maximum atomic E-state index is 9.82. The maximum absolute atomic E-state index is 9.82. The highest BCUT2D eigenvalue weighted by atomic mass is 16.3. The highest BCUT2D eigenvalue weighted by molar-refractivity contribution is 5.67. The molecule has 1 aliphatic rings. The topological polar surface area (TPSA) is 82.3 Å². The lowest BCUT2D eigenvalue weighted by atomic mass is 10.0. The van der Waals surface area contributed by atoms with Crippen LogP contribution in [0, 0.1) is 11.8 Å². The number of aliphatic hydroxyl groups excluding tert-OH is 2. The average molecular weight is 402 g/mol. The van der Waals surface area contributed by atoms with Crippen LogP contribution in [-0.4, -0.2) is 45.5 Å². The lowest BCUT2D eigenvalue weighted by molar-refractivity contribution is 0.176. The van der Waals surface area contributed by atoms with Gasteiger partial charge >= 0.3 is 0 Å². The number of anilines is 1. The van der Waals surface area contributed by atoms with E-state index in [1.54, 1.807) is 23.9 Å². The summed E-state index contributed by atoms with van der Waals surface area (Å²) in [6, 6.07) is 16.6. The summed E-state index contributed by atoms with van der Waals surface area (Å²) in [6.45, 7) is 3.52. The number of rotatable bonds is 6. The van der Waals surface area contributed by atoms with Crippen molar-refractivity contribution < 1.29 is 10.2 Å². The van der Waals surface area contributed by atoms with E-state index in [2.05, 4.69) is 63.9 Å². The van der Waals surface area contributed by atoms with E-state index in [0.717, 1.165) is 35.5 Å². The zero-order valence-corrected chi connectivity index (χ0v) is 16.9. The molecule has 1 aliphatic heterocycles. The van der Waals surface area contributed by atoms with Gasteiger partial charge in [0.05, 0.1) is 12.6 Å². The fourth-order valence-corrected chi connectivity index (χ4v) is 3.41. The maximum Gasteiger partial charge on any atom is 0.138 e. The quantitative estimate of drug-likeness (QED) is 0.477. The molecule has 4 N–H and O–H groups in total. The molecule has 0 spiro atoms. The molecule has 6 heteroatoms. The molecule has 2 atom stereocenters. The van der Waals surface area contributed by atoms with Gasteiger partial charge in [0.25, 0.3) is 0 Å². The molecule has 0 unspecified atom stereocenters. The summed E-state index contributed by atoms with van der Waals surface area (Å²) in [6.07, 6.45) is 2.60. The van der Waals surface area contributed by atoms with Gasteiger partial charge in [-0.3, -0.25) is 0 Å². The number of hydrogen-bond acceptors (Lipinski definition) is 5. The monoisotopic (exact) mass is 402 g/mol. The molecule has 3 aromatic rings. The Bertz CT molecular complexity index is 1030. The first-order valence-electron chi connectivity index (χ1n) is 10.1. The summed E-state index contributed by atoms with van der Waals surface area (Å²) in [4.78, 5) is 4.14. The fourth-order valence-electron chi connectivity index (χ4n) is 3.41. The zero-order chi connectivity index (χ0) is 20.9. The van der Waals surface area contributed by atoms with Crippen molar-refractivity contribution in [2.75, 3.05) is 25.0 Å². The van der Waals surface area contributed by atoms with Crippen LogP contribution in [0.25, 0.3) is 11.1 Å². The van der Waals surface area contributed by atoms with Gasteiger partial charge in [0, 0.05) is 36.7 Å². The zero-order valence-electron chi connectivity index (χ0n) is 16.9. The first-order valence-corrected chi connectivity index (χ1v) is 10.1. The van der Waals surface area contributed by atoms with Crippen molar-refractivity contribution in [2.24, 2.45) is 0 Å². The van der Waals surface area contributed by atoms with Crippen LogP contribution in [-0.2, 0) is 0 Å². The smallest absolute Gasteiger partial charge is 0.138 e. The molecule has 2 aromatic carbocycles. The minimum atomic E-state index is -0.720. The standard InChI is InChI=1S/C24H26N4O2/c1-17(30)24-26-12-13-28(24)23(16-29)11-4-18-2-5-19(6-3-18)20-7-9-21(10-8-20)27-22-14-25-15-22/h2-3,5-10,12-13,17,22-23,25,27,29-30H,14-16H2,1H3/t17-,23-/m0/s1. The molecule has 30 heavy (non-hydrogen) atoms.